The van der Waals surface area contributed by atoms with E-state index in [1.165, 1.54) is 18.2 Å². The first-order valence-corrected chi connectivity index (χ1v) is 7.88. The van der Waals surface area contributed by atoms with Crippen molar-refractivity contribution >= 4 is 17.5 Å². The third-order valence-electron chi connectivity index (χ3n) is 4.38. The SMILES string of the molecule is Cc1ccc(N2C[C@H](NC(=O)c3ccccc3F)CC2=O)cc1C. The third kappa shape index (κ3) is 3.15. The Morgan fingerprint density at radius 2 is 1.92 bits per heavy atom. The lowest BCUT2D eigenvalue weighted by atomic mass is 10.1. The lowest BCUT2D eigenvalue weighted by Crippen LogP contribution is -2.37. The third-order valence-corrected chi connectivity index (χ3v) is 4.38. The molecule has 124 valence electrons. The van der Waals surface area contributed by atoms with Crippen molar-refractivity contribution in [3.63, 3.8) is 0 Å². The number of nitrogens with one attached hydrogen (secondary N) is 1. The van der Waals surface area contributed by atoms with Crippen molar-refractivity contribution in [1.82, 2.24) is 5.32 Å². The number of hydrogen-bond donors (Lipinski definition) is 1. The molecule has 0 radical (unpaired) electrons. The number of rotatable bonds is 3. The molecule has 1 fully saturated rings. The highest BCUT2D eigenvalue weighted by Gasteiger charge is 2.32. The molecule has 4 nitrogen and oxygen atoms in total. The van der Waals surface area contributed by atoms with Crippen LogP contribution in [0.25, 0.3) is 0 Å². The van der Waals surface area contributed by atoms with Crippen molar-refractivity contribution in [2.45, 2.75) is 26.3 Å². The zero-order chi connectivity index (χ0) is 17.3. The van der Waals surface area contributed by atoms with Gasteiger partial charge in [-0.25, -0.2) is 4.39 Å². The molecule has 3 rings (SSSR count). The van der Waals surface area contributed by atoms with Crippen molar-refractivity contribution in [3.8, 4) is 0 Å². The lowest BCUT2D eigenvalue weighted by Gasteiger charge is -2.18. The molecule has 0 spiro atoms. The van der Waals surface area contributed by atoms with Crippen molar-refractivity contribution < 1.29 is 14.0 Å². The van der Waals surface area contributed by atoms with Gasteiger partial charge in [-0.05, 0) is 49.2 Å². The average Bonchev–Trinajstić information content (AvgIpc) is 2.91. The highest BCUT2D eigenvalue weighted by atomic mass is 19.1. The van der Waals surface area contributed by atoms with Gasteiger partial charge in [-0.1, -0.05) is 18.2 Å². The summed E-state index contributed by atoms with van der Waals surface area (Å²) >= 11 is 0. The van der Waals surface area contributed by atoms with Crippen molar-refractivity contribution in [3.05, 3.63) is 65.0 Å². The quantitative estimate of drug-likeness (QED) is 0.943. The summed E-state index contributed by atoms with van der Waals surface area (Å²) in [7, 11) is 0. The molecule has 1 saturated heterocycles. The summed E-state index contributed by atoms with van der Waals surface area (Å²) < 4.78 is 13.7. The number of benzene rings is 2. The van der Waals surface area contributed by atoms with Gasteiger partial charge in [-0.15, -0.1) is 0 Å². The number of hydrogen-bond acceptors (Lipinski definition) is 2. The summed E-state index contributed by atoms with van der Waals surface area (Å²) in [5.74, 6) is -1.10. The Hall–Kier alpha value is -2.69. The molecule has 1 N–H and O–H groups in total. The van der Waals surface area contributed by atoms with Gasteiger partial charge in [-0.3, -0.25) is 9.59 Å². The molecule has 1 heterocycles. The van der Waals surface area contributed by atoms with Crippen LogP contribution in [0.1, 0.15) is 27.9 Å². The first kappa shape index (κ1) is 16.2. The Balaban J connectivity index is 1.72. The fraction of sp³-hybridized carbons (Fsp3) is 0.263. The molecule has 5 heteroatoms. The smallest absolute Gasteiger partial charge is 0.254 e. The minimum absolute atomic E-state index is 0.00502. The Labute approximate surface area is 140 Å². The normalized spacial score (nSPS) is 17.2. The summed E-state index contributed by atoms with van der Waals surface area (Å²) in [6.45, 7) is 4.40. The molecule has 0 aromatic heterocycles. The number of carbonyl (C=O) groups excluding carboxylic acids is 2. The summed E-state index contributed by atoms with van der Waals surface area (Å²) in [6, 6.07) is 11.3. The van der Waals surface area contributed by atoms with Gasteiger partial charge in [-0.2, -0.15) is 0 Å². The van der Waals surface area contributed by atoms with E-state index in [4.69, 9.17) is 0 Å². The van der Waals surface area contributed by atoms with Crippen molar-refractivity contribution in [2.24, 2.45) is 0 Å². The van der Waals surface area contributed by atoms with E-state index >= 15 is 0 Å². The molecule has 2 amide bonds. The Bertz CT molecular complexity index is 804. The molecule has 0 saturated carbocycles. The monoisotopic (exact) mass is 326 g/mol. The fourth-order valence-corrected chi connectivity index (χ4v) is 2.86. The second-order valence-corrected chi connectivity index (χ2v) is 6.13. The zero-order valence-corrected chi connectivity index (χ0v) is 13.7. The van der Waals surface area contributed by atoms with Gasteiger partial charge in [0.1, 0.15) is 5.82 Å². The molecule has 1 aliphatic rings. The summed E-state index contributed by atoms with van der Waals surface area (Å²) in [4.78, 5) is 26.1. The molecule has 0 bridgehead atoms. The highest BCUT2D eigenvalue weighted by molar-refractivity contribution is 5.99. The zero-order valence-electron chi connectivity index (χ0n) is 13.7. The van der Waals surface area contributed by atoms with E-state index in [2.05, 4.69) is 5.32 Å². The number of aryl methyl sites for hydroxylation is 2. The second kappa shape index (κ2) is 6.43. The van der Waals surface area contributed by atoms with E-state index in [0.29, 0.717) is 6.54 Å². The maximum Gasteiger partial charge on any atom is 0.254 e. The van der Waals surface area contributed by atoms with E-state index in [1.807, 2.05) is 32.0 Å². The largest absolute Gasteiger partial charge is 0.347 e. The van der Waals surface area contributed by atoms with E-state index in [-0.39, 0.29) is 23.9 Å². The van der Waals surface area contributed by atoms with E-state index < -0.39 is 11.7 Å². The van der Waals surface area contributed by atoms with Crippen LogP contribution in [0, 0.1) is 19.7 Å². The van der Waals surface area contributed by atoms with E-state index in [0.717, 1.165) is 16.8 Å². The van der Waals surface area contributed by atoms with Gasteiger partial charge < -0.3 is 10.2 Å². The van der Waals surface area contributed by atoms with E-state index in [1.54, 1.807) is 11.0 Å². The van der Waals surface area contributed by atoms with Crippen LogP contribution < -0.4 is 10.2 Å². The maximum atomic E-state index is 13.7. The molecule has 2 aromatic rings. The van der Waals surface area contributed by atoms with Crippen LogP contribution >= 0.6 is 0 Å². The number of carbonyl (C=O) groups is 2. The van der Waals surface area contributed by atoms with Crippen LogP contribution in [0.2, 0.25) is 0 Å². The van der Waals surface area contributed by atoms with Crippen LogP contribution in [0.3, 0.4) is 0 Å². The molecule has 1 atom stereocenters. The van der Waals surface area contributed by atoms with Gasteiger partial charge in [0, 0.05) is 18.7 Å². The van der Waals surface area contributed by atoms with Gasteiger partial charge in [0.15, 0.2) is 0 Å². The standard InChI is InChI=1S/C19H19FN2O2/c1-12-7-8-15(9-13(12)2)22-11-14(10-18(22)23)21-19(24)16-5-3-4-6-17(16)20/h3-9,14H,10-11H2,1-2H3,(H,21,24)/t14-/m1/s1. The molecule has 0 unspecified atom stereocenters. The molecule has 0 aliphatic carbocycles. The van der Waals surface area contributed by atoms with Gasteiger partial charge in [0.2, 0.25) is 5.91 Å². The number of anilines is 1. The topological polar surface area (TPSA) is 49.4 Å². The fourth-order valence-electron chi connectivity index (χ4n) is 2.86. The lowest BCUT2D eigenvalue weighted by molar-refractivity contribution is -0.117. The van der Waals surface area contributed by atoms with Crippen LogP contribution in [0.4, 0.5) is 10.1 Å². The van der Waals surface area contributed by atoms with Gasteiger partial charge >= 0.3 is 0 Å². The molecule has 1 aliphatic heterocycles. The molecule has 24 heavy (non-hydrogen) atoms. The van der Waals surface area contributed by atoms with Crippen LogP contribution in [0.5, 0.6) is 0 Å². The minimum Gasteiger partial charge on any atom is -0.347 e. The van der Waals surface area contributed by atoms with Crippen molar-refractivity contribution in [1.29, 1.82) is 0 Å². The van der Waals surface area contributed by atoms with Crippen molar-refractivity contribution in [2.75, 3.05) is 11.4 Å². The Kier molecular flexibility index (Phi) is 4.34. The van der Waals surface area contributed by atoms with Gasteiger partial charge in [0.25, 0.3) is 5.91 Å². The second-order valence-electron chi connectivity index (χ2n) is 6.13. The predicted molar refractivity (Wildman–Crippen MR) is 90.5 cm³/mol. The maximum absolute atomic E-state index is 13.7. The van der Waals surface area contributed by atoms with Crippen LogP contribution in [-0.2, 0) is 4.79 Å². The first-order valence-electron chi connectivity index (χ1n) is 7.88. The summed E-state index contributed by atoms with van der Waals surface area (Å²) in [6.07, 6.45) is 0.215. The summed E-state index contributed by atoms with van der Waals surface area (Å²) in [5.41, 5.74) is 3.09. The number of amides is 2. The highest BCUT2D eigenvalue weighted by Crippen LogP contribution is 2.24. The minimum atomic E-state index is -0.565. The van der Waals surface area contributed by atoms with Gasteiger partial charge in [0.05, 0.1) is 11.6 Å². The van der Waals surface area contributed by atoms with Crippen LogP contribution in [0.15, 0.2) is 42.5 Å². The Morgan fingerprint density at radius 3 is 2.62 bits per heavy atom. The molecule has 2 aromatic carbocycles. The van der Waals surface area contributed by atoms with Crippen LogP contribution in [-0.4, -0.2) is 24.4 Å². The predicted octanol–water partition coefficient (Wildman–Crippen LogP) is 2.98. The summed E-state index contributed by atoms with van der Waals surface area (Å²) in [5, 5.41) is 2.75. The molecular formula is C19H19FN2O2. The first-order chi connectivity index (χ1) is 11.5. The number of halogens is 1. The number of nitrogens with zero attached hydrogens (tertiary/aromatic N) is 1. The molecular weight excluding hydrogens is 307 g/mol. The van der Waals surface area contributed by atoms with E-state index in [9.17, 15) is 14.0 Å². The average molecular weight is 326 g/mol. The Morgan fingerprint density at radius 1 is 1.17 bits per heavy atom.